The summed E-state index contributed by atoms with van der Waals surface area (Å²) in [4.78, 5) is 0. The molecule has 1 aromatic carbocycles. The van der Waals surface area contributed by atoms with Crippen LogP contribution in [0.3, 0.4) is 0 Å². The Balaban J connectivity index is 2.01. The van der Waals surface area contributed by atoms with Crippen molar-refractivity contribution in [1.29, 1.82) is 0 Å². The van der Waals surface area contributed by atoms with Crippen molar-refractivity contribution >= 4 is 0 Å². The van der Waals surface area contributed by atoms with Crippen molar-refractivity contribution in [3.63, 3.8) is 0 Å². The normalized spacial score (nSPS) is 19.5. The maximum absolute atomic E-state index is 9.91. The van der Waals surface area contributed by atoms with Crippen LogP contribution in [0.1, 0.15) is 29.5 Å². The molecule has 0 bridgehead atoms. The molecular formula is C14H20O2. The van der Waals surface area contributed by atoms with E-state index in [9.17, 15) is 10.2 Å². The molecule has 2 unspecified atom stereocenters. The van der Waals surface area contributed by atoms with E-state index in [0.717, 1.165) is 18.4 Å². The quantitative estimate of drug-likeness (QED) is 0.814. The molecule has 0 aromatic heterocycles. The minimum atomic E-state index is -0.617. The first-order valence-electron chi connectivity index (χ1n) is 5.99. The fourth-order valence-electron chi connectivity index (χ4n) is 2.30. The summed E-state index contributed by atoms with van der Waals surface area (Å²) in [5.41, 5.74) is 3.54. The Kier molecular flexibility index (Phi) is 3.31. The first kappa shape index (κ1) is 11.6. The smallest absolute Gasteiger partial charge is 0.0842 e. The van der Waals surface area contributed by atoms with Gasteiger partial charge in [0, 0.05) is 6.42 Å². The number of benzene rings is 1. The average Bonchev–Trinajstić information content (AvgIpc) is 2.97. The van der Waals surface area contributed by atoms with E-state index in [1.54, 1.807) is 0 Å². The van der Waals surface area contributed by atoms with Gasteiger partial charge in [-0.15, -0.1) is 0 Å². The molecule has 2 atom stereocenters. The second-order valence-corrected chi connectivity index (χ2v) is 5.10. The van der Waals surface area contributed by atoms with E-state index >= 15 is 0 Å². The molecule has 2 nitrogen and oxygen atoms in total. The van der Waals surface area contributed by atoms with Gasteiger partial charge in [-0.3, -0.25) is 0 Å². The third-order valence-electron chi connectivity index (χ3n) is 3.23. The summed E-state index contributed by atoms with van der Waals surface area (Å²) in [6.07, 6.45) is 1.52. The molecule has 2 N–H and O–H groups in total. The van der Waals surface area contributed by atoms with Crippen LogP contribution in [0, 0.1) is 19.8 Å². The number of aliphatic hydroxyl groups excluding tert-OH is 2. The van der Waals surface area contributed by atoms with Crippen LogP contribution >= 0.6 is 0 Å². The van der Waals surface area contributed by atoms with Gasteiger partial charge in [0.05, 0.1) is 12.2 Å². The zero-order valence-electron chi connectivity index (χ0n) is 9.98. The molecule has 1 aliphatic rings. The Hall–Kier alpha value is -0.860. The fraction of sp³-hybridized carbons (Fsp3) is 0.571. The summed E-state index contributed by atoms with van der Waals surface area (Å²) < 4.78 is 0. The molecule has 1 aromatic rings. The Bertz CT molecular complexity index is 349. The molecule has 88 valence electrons. The molecule has 2 heteroatoms. The molecule has 0 spiro atoms. The maximum Gasteiger partial charge on any atom is 0.0842 e. The van der Waals surface area contributed by atoms with Crippen LogP contribution in [-0.4, -0.2) is 22.4 Å². The highest BCUT2D eigenvalue weighted by Crippen LogP contribution is 2.34. The Morgan fingerprint density at radius 3 is 2.19 bits per heavy atom. The third kappa shape index (κ3) is 2.83. The molecule has 0 saturated heterocycles. The van der Waals surface area contributed by atoms with Gasteiger partial charge in [-0.1, -0.05) is 29.3 Å². The lowest BCUT2D eigenvalue weighted by Crippen LogP contribution is -2.29. The average molecular weight is 220 g/mol. The van der Waals surface area contributed by atoms with Gasteiger partial charge >= 0.3 is 0 Å². The molecule has 0 heterocycles. The largest absolute Gasteiger partial charge is 0.390 e. The second-order valence-electron chi connectivity index (χ2n) is 5.10. The molecule has 2 rings (SSSR count). The monoisotopic (exact) mass is 220 g/mol. The van der Waals surface area contributed by atoms with Crippen LogP contribution in [0.15, 0.2) is 18.2 Å². The molecule has 1 saturated carbocycles. The topological polar surface area (TPSA) is 40.5 Å². The SMILES string of the molecule is Cc1cc(C)cc(CC(O)C(O)C2CC2)c1. The number of rotatable bonds is 4. The molecule has 1 aliphatic carbocycles. The fourth-order valence-corrected chi connectivity index (χ4v) is 2.30. The number of hydrogen-bond acceptors (Lipinski definition) is 2. The van der Waals surface area contributed by atoms with E-state index < -0.39 is 12.2 Å². The highest BCUT2D eigenvalue weighted by Gasteiger charge is 2.34. The van der Waals surface area contributed by atoms with Gasteiger partial charge < -0.3 is 10.2 Å². The zero-order valence-corrected chi connectivity index (χ0v) is 9.98. The summed E-state index contributed by atoms with van der Waals surface area (Å²) in [5, 5.41) is 19.7. The van der Waals surface area contributed by atoms with Gasteiger partial charge in [-0.05, 0) is 38.2 Å². The van der Waals surface area contributed by atoms with Crippen molar-refractivity contribution in [2.45, 2.75) is 45.3 Å². The van der Waals surface area contributed by atoms with Gasteiger partial charge in [0.15, 0.2) is 0 Å². The molecule has 0 radical (unpaired) electrons. The third-order valence-corrected chi connectivity index (χ3v) is 3.23. The van der Waals surface area contributed by atoms with Gasteiger partial charge in [0.25, 0.3) is 0 Å². The van der Waals surface area contributed by atoms with Gasteiger partial charge in [0.1, 0.15) is 0 Å². The maximum atomic E-state index is 9.91. The standard InChI is InChI=1S/C14H20O2/c1-9-5-10(2)7-11(6-9)8-13(15)14(16)12-3-4-12/h5-7,12-16H,3-4,8H2,1-2H3. The van der Waals surface area contributed by atoms with E-state index in [4.69, 9.17) is 0 Å². The van der Waals surface area contributed by atoms with Crippen LogP contribution in [0.25, 0.3) is 0 Å². The predicted molar refractivity (Wildman–Crippen MR) is 64.4 cm³/mol. The van der Waals surface area contributed by atoms with E-state index in [1.165, 1.54) is 11.1 Å². The number of hydrogen-bond donors (Lipinski definition) is 2. The van der Waals surface area contributed by atoms with Gasteiger partial charge in [-0.2, -0.15) is 0 Å². The Morgan fingerprint density at radius 2 is 1.69 bits per heavy atom. The number of aliphatic hydroxyl groups is 2. The molecule has 0 aliphatic heterocycles. The lowest BCUT2D eigenvalue weighted by molar-refractivity contribution is 0.00672. The minimum absolute atomic E-state index is 0.334. The molecule has 16 heavy (non-hydrogen) atoms. The predicted octanol–water partition coefficient (Wildman–Crippen LogP) is 1.98. The summed E-state index contributed by atoms with van der Waals surface area (Å²) in [6.45, 7) is 4.11. The lowest BCUT2D eigenvalue weighted by Gasteiger charge is -2.17. The van der Waals surface area contributed by atoms with Gasteiger partial charge in [0.2, 0.25) is 0 Å². The minimum Gasteiger partial charge on any atom is -0.390 e. The molecule has 1 fully saturated rings. The van der Waals surface area contributed by atoms with E-state index in [-0.39, 0.29) is 0 Å². The highest BCUT2D eigenvalue weighted by molar-refractivity contribution is 5.29. The van der Waals surface area contributed by atoms with Crippen LogP contribution < -0.4 is 0 Å². The first-order valence-corrected chi connectivity index (χ1v) is 5.99. The van der Waals surface area contributed by atoms with Gasteiger partial charge in [-0.25, -0.2) is 0 Å². The van der Waals surface area contributed by atoms with Crippen molar-refractivity contribution in [3.8, 4) is 0 Å². The van der Waals surface area contributed by atoms with Crippen molar-refractivity contribution < 1.29 is 10.2 Å². The Labute approximate surface area is 96.9 Å². The van der Waals surface area contributed by atoms with Crippen molar-refractivity contribution in [1.82, 2.24) is 0 Å². The summed E-state index contributed by atoms with van der Waals surface area (Å²) in [6, 6.07) is 6.28. The lowest BCUT2D eigenvalue weighted by atomic mass is 9.98. The summed E-state index contributed by atoms with van der Waals surface area (Å²) in [7, 11) is 0. The molecule has 0 amide bonds. The van der Waals surface area contributed by atoms with E-state index in [1.807, 2.05) is 0 Å². The van der Waals surface area contributed by atoms with E-state index in [2.05, 4.69) is 32.0 Å². The Morgan fingerprint density at radius 1 is 1.12 bits per heavy atom. The second kappa shape index (κ2) is 4.56. The van der Waals surface area contributed by atoms with Crippen molar-refractivity contribution in [3.05, 3.63) is 34.9 Å². The first-order chi connectivity index (χ1) is 7.56. The van der Waals surface area contributed by atoms with Crippen LogP contribution in [0.5, 0.6) is 0 Å². The number of aryl methyl sites for hydroxylation is 2. The summed E-state index contributed by atoms with van der Waals surface area (Å²) >= 11 is 0. The van der Waals surface area contributed by atoms with Crippen LogP contribution in [0.2, 0.25) is 0 Å². The zero-order chi connectivity index (χ0) is 11.7. The van der Waals surface area contributed by atoms with Crippen molar-refractivity contribution in [2.75, 3.05) is 0 Å². The van der Waals surface area contributed by atoms with E-state index in [0.29, 0.717) is 12.3 Å². The highest BCUT2D eigenvalue weighted by atomic mass is 16.3. The van der Waals surface area contributed by atoms with Crippen LogP contribution in [0.4, 0.5) is 0 Å². The van der Waals surface area contributed by atoms with Crippen molar-refractivity contribution in [2.24, 2.45) is 5.92 Å². The van der Waals surface area contributed by atoms with Crippen LogP contribution in [-0.2, 0) is 6.42 Å². The molecular weight excluding hydrogens is 200 g/mol. The summed E-state index contributed by atoms with van der Waals surface area (Å²) in [5.74, 6) is 0.334.